The van der Waals surface area contributed by atoms with Gasteiger partial charge in [0.15, 0.2) is 17.3 Å². The standard InChI is InChI=1S/C9H7F3N6O/c10-9(11,12)5-1-2-6(16-15-5)18-4-3-14-8(18)7(13)17-19/h1-4,19H,(H2,13,17). The van der Waals surface area contributed by atoms with Crippen molar-refractivity contribution in [1.29, 1.82) is 0 Å². The number of hydrogen-bond acceptors (Lipinski definition) is 5. The van der Waals surface area contributed by atoms with Crippen LogP contribution in [0.15, 0.2) is 29.7 Å². The number of nitrogens with two attached hydrogens (primary N) is 1. The van der Waals surface area contributed by atoms with Gasteiger partial charge in [0, 0.05) is 12.4 Å². The Hall–Kier alpha value is -2.65. The number of rotatable bonds is 2. The van der Waals surface area contributed by atoms with Crippen LogP contribution in [0.3, 0.4) is 0 Å². The molecule has 0 saturated carbocycles. The monoisotopic (exact) mass is 272 g/mol. The lowest BCUT2D eigenvalue weighted by molar-refractivity contribution is -0.141. The Morgan fingerprint density at radius 2 is 2.05 bits per heavy atom. The predicted molar refractivity (Wildman–Crippen MR) is 56.7 cm³/mol. The fraction of sp³-hybridized carbons (Fsp3) is 0.111. The van der Waals surface area contributed by atoms with Crippen LogP contribution < -0.4 is 5.73 Å². The Morgan fingerprint density at radius 3 is 2.58 bits per heavy atom. The Labute approximate surface area is 104 Å². The second kappa shape index (κ2) is 4.55. The largest absolute Gasteiger partial charge is 0.435 e. The molecular weight excluding hydrogens is 265 g/mol. The molecule has 0 atom stereocenters. The van der Waals surface area contributed by atoms with Gasteiger partial charge in [-0.05, 0) is 12.1 Å². The summed E-state index contributed by atoms with van der Waals surface area (Å²) in [4.78, 5) is 3.79. The highest BCUT2D eigenvalue weighted by atomic mass is 19.4. The van der Waals surface area contributed by atoms with E-state index in [2.05, 4.69) is 20.3 Å². The van der Waals surface area contributed by atoms with Crippen molar-refractivity contribution < 1.29 is 18.4 Å². The molecular formula is C9H7F3N6O. The summed E-state index contributed by atoms with van der Waals surface area (Å²) in [6, 6.07) is 1.88. The summed E-state index contributed by atoms with van der Waals surface area (Å²) in [7, 11) is 0. The molecule has 0 saturated heterocycles. The number of aromatic nitrogens is 4. The Balaban J connectivity index is 2.41. The molecule has 2 aromatic heterocycles. The van der Waals surface area contributed by atoms with E-state index in [1.54, 1.807) is 0 Å². The summed E-state index contributed by atoms with van der Waals surface area (Å²) in [5, 5.41) is 17.8. The first-order chi connectivity index (χ1) is 8.93. The van der Waals surface area contributed by atoms with Gasteiger partial charge in [0.1, 0.15) is 0 Å². The van der Waals surface area contributed by atoms with Gasteiger partial charge in [-0.15, -0.1) is 10.2 Å². The van der Waals surface area contributed by atoms with E-state index in [4.69, 9.17) is 10.9 Å². The van der Waals surface area contributed by atoms with Crippen molar-refractivity contribution in [2.45, 2.75) is 6.18 Å². The number of oxime groups is 1. The SMILES string of the molecule is N/C(=N/O)c1nccn1-c1ccc(C(F)(F)F)nn1. The highest BCUT2D eigenvalue weighted by Crippen LogP contribution is 2.26. The number of imidazole rings is 1. The average Bonchev–Trinajstić information content (AvgIpc) is 2.86. The van der Waals surface area contributed by atoms with Crippen LogP contribution in [-0.2, 0) is 6.18 Å². The molecule has 0 unspecified atom stereocenters. The first-order valence-corrected chi connectivity index (χ1v) is 4.86. The van der Waals surface area contributed by atoms with Gasteiger partial charge in [-0.25, -0.2) is 4.98 Å². The van der Waals surface area contributed by atoms with Crippen molar-refractivity contribution in [3.63, 3.8) is 0 Å². The minimum atomic E-state index is -4.56. The molecule has 2 aromatic rings. The number of hydrogen-bond donors (Lipinski definition) is 2. The molecule has 0 spiro atoms. The number of halogens is 3. The van der Waals surface area contributed by atoms with Crippen molar-refractivity contribution in [3.8, 4) is 5.82 Å². The topological polar surface area (TPSA) is 102 Å². The number of alkyl halides is 3. The lowest BCUT2D eigenvalue weighted by Crippen LogP contribution is -2.19. The quantitative estimate of drug-likeness (QED) is 0.364. The molecule has 3 N–H and O–H groups in total. The van der Waals surface area contributed by atoms with Crippen LogP contribution in [0.2, 0.25) is 0 Å². The lowest BCUT2D eigenvalue weighted by Gasteiger charge is -2.07. The van der Waals surface area contributed by atoms with Gasteiger partial charge in [-0.2, -0.15) is 13.2 Å². The van der Waals surface area contributed by atoms with E-state index in [0.717, 1.165) is 12.1 Å². The number of nitrogens with zero attached hydrogens (tertiary/aromatic N) is 5. The van der Waals surface area contributed by atoms with E-state index in [1.807, 2.05) is 0 Å². The summed E-state index contributed by atoms with van der Waals surface area (Å²) < 4.78 is 38.2. The molecule has 2 heterocycles. The summed E-state index contributed by atoms with van der Waals surface area (Å²) in [6.07, 6.45) is -1.84. The third kappa shape index (κ3) is 2.46. The molecule has 0 aliphatic rings. The molecule has 0 bridgehead atoms. The molecule has 0 radical (unpaired) electrons. The van der Waals surface area contributed by atoms with Gasteiger partial charge < -0.3 is 10.9 Å². The zero-order valence-electron chi connectivity index (χ0n) is 9.20. The van der Waals surface area contributed by atoms with E-state index in [0.29, 0.717) is 0 Å². The summed E-state index contributed by atoms with van der Waals surface area (Å²) in [5.74, 6) is -0.199. The maximum atomic E-state index is 12.3. The van der Waals surface area contributed by atoms with Crippen molar-refractivity contribution in [3.05, 3.63) is 36.0 Å². The van der Waals surface area contributed by atoms with Gasteiger partial charge in [-0.1, -0.05) is 5.16 Å². The van der Waals surface area contributed by atoms with Crippen molar-refractivity contribution in [1.82, 2.24) is 19.7 Å². The molecule has 0 aromatic carbocycles. The molecule has 19 heavy (non-hydrogen) atoms. The summed E-state index contributed by atoms with van der Waals surface area (Å²) >= 11 is 0. The second-order valence-electron chi connectivity index (χ2n) is 3.38. The Morgan fingerprint density at radius 1 is 1.32 bits per heavy atom. The molecule has 0 aliphatic heterocycles. The minimum absolute atomic E-state index is 0.0385. The Bertz CT molecular complexity index is 603. The van der Waals surface area contributed by atoms with Crippen LogP contribution in [0.4, 0.5) is 13.2 Å². The summed E-state index contributed by atoms with van der Waals surface area (Å²) in [6.45, 7) is 0. The van der Waals surface area contributed by atoms with Crippen LogP contribution >= 0.6 is 0 Å². The van der Waals surface area contributed by atoms with Crippen LogP contribution in [0.5, 0.6) is 0 Å². The normalized spacial score (nSPS) is 12.7. The fourth-order valence-electron chi connectivity index (χ4n) is 1.33. The molecule has 100 valence electrons. The van der Waals surface area contributed by atoms with E-state index in [9.17, 15) is 13.2 Å². The van der Waals surface area contributed by atoms with E-state index in [-0.39, 0.29) is 17.5 Å². The van der Waals surface area contributed by atoms with E-state index < -0.39 is 11.9 Å². The molecule has 0 fully saturated rings. The van der Waals surface area contributed by atoms with Gasteiger partial charge in [0.2, 0.25) is 5.84 Å². The van der Waals surface area contributed by atoms with Gasteiger partial charge in [0.05, 0.1) is 0 Å². The molecule has 0 aliphatic carbocycles. The maximum absolute atomic E-state index is 12.3. The highest BCUT2D eigenvalue weighted by molar-refractivity contribution is 5.94. The molecule has 0 amide bonds. The smallest absolute Gasteiger partial charge is 0.409 e. The van der Waals surface area contributed by atoms with Crippen molar-refractivity contribution in [2.24, 2.45) is 10.9 Å². The van der Waals surface area contributed by atoms with Crippen molar-refractivity contribution in [2.75, 3.05) is 0 Å². The first-order valence-electron chi connectivity index (χ1n) is 4.86. The van der Waals surface area contributed by atoms with Gasteiger partial charge in [0.25, 0.3) is 0 Å². The predicted octanol–water partition coefficient (Wildman–Crippen LogP) is 0.776. The minimum Gasteiger partial charge on any atom is -0.409 e. The first kappa shape index (κ1) is 12.8. The van der Waals surface area contributed by atoms with Crippen LogP contribution in [-0.4, -0.2) is 30.8 Å². The fourth-order valence-corrected chi connectivity index (χ4v) is 1.33. The second-order valence-corrected chi connectivity index (χ2v) is 3.38. The van der Waals surface area contributed by atoms with E-state index >= 15 is 0 Å². The maximum Gasteiger partial charge on any atom is 0.435 e. The van der Waals surface area contributed by atoms with Crippen LogP contribution in [0.25, 0.3) is 5.82 Å². The zero-order chi connectivity index (χ0) is 14.0. The molecule has 10 heteroatoms. The zero-order valence-corrected chi connectivity index (χ0v) is 9.20. The van der Waals surface area contributed by atoms with Crippen LogP contribution in [0, 0.1) is 0 Å². The van der Waals surface area contributed by atoms with E-state index in [1.165, 1.54) is 17.0 Å². The van der Waals surface area contributed by atoms with Gasteiger partial charge >= 0.3 is 6.18 Å². The molecule has 2 rings (SSSR count). The average molecular weight is 272 g/mol. The third-order valence-corrected chi connectivity index (χ3v) is 2.17. The van der Waals surface area contributed by atoms with Crippen LogP contribution in [0.1, 0.15) is 11.5 Å². The lowest BCUT2D eigenvalue weighted by atomic mass is 10.3. The molecule has 7 nitrogen and oxygen atoms in total. The highest BCUT2D eigenvalue weighted by Gasteiger charge is 2.33. The van der Waals surface area contributed by atoms with Gasteiger partial charge in [-0.3, -0.25) is 4.57 Å². The third-order valence-electron chi connectivity index (χ3n) is 2.17. The summed E-state index contributed by atoms with van der Waals surface area (Å²) in [5.41, 5.74) is 4.25. The number of amidine groups is 1. The van der Waals surface area contributed by atoms with Crippen molar-refractivity contribution >= 4 is 5.84 Å². The Kier molecular flexibility index (Phi) is 3.07.